The van der Waals surface area contributed by atoms with Crippen molar-refractivity contribution in [2.24, 2.45) is 0 Å². The van der Waals surface area contributed by atoms with Crippen molar-refractivity contribution in [3.8, 4) is 0 Å². The summed E-state index contributed by atoms with van der Waals surface area (Å²) in [6, 6.07) is -0.627. The molecule has 0 spiro atoms. The summed E-state index contributed by atoms with van der Waals surface area (Å²) in [6.07, 6.45) is 55.3. The molecule has 61 heavy (non-hydrogen) atoms. The van der Waals surface area contributed by atoms with Crippen molar-refractivity contribution in [2.75, 3.05) is 41.0 Å². The third-order valence-corrected chi connectivity index (χ3v) is 10.6. The van der Waals surface area contributed by atoms with Gasteiger partial charge in [-0.3, -0.25) is 9.59 Å². The molecule has 0 heterocycles. The van der Waals surface area contributed by atoms with Gasteiger partial charge in [-0.25, -0.2) is 4.79 Å². The molecular weight excluding hydrogens is 763 g/mol. The van der Waals surface area contributed by atoms with Gasteiger partial charge in [0.15, 0.2) is 12.1 Å². The number of unbranched alkanes of at least 4 members (excludes halogenated alkanes) is 17. The molecule has 0 fully saturated rings. The third-order valence-electron chi connectivity index (χ3n) is 10.6. The van der Waals surface area contributed by atoms with Crippen LogP contribution in [0.1, 0.15) is 194 Å². The van der Waals surface area contributed by atoms with Crippen molar-refractivity contribution in [1.82, 2.24) is 0 Å². The Labute approximate surface area is 374 Å². The molecule has 0 radical (unpaired) electrons. The summed E-state index contributed by atoms with van der Waals surface area (Å²) in [6.45, 7) is 4.57. The molecule has 2 atom stereocenters. The van der Waals surface area contributed by atoms with Crippen LogP contribution in [0, 0.1) is 0 Å². The molecule has 0 saturated heterocycles. The van der Waals surface area contributed by atoms with Crippen LogP contribution in [0.5, 0.6) is 0 Å². The van der Waals surface area contributed by atoms with Crippen molar-refractivity contribution >= 4 is 17.9 Å². The van der Waals surface area contributed by atoms with Crippen LogP contribution in [-0.4, -0.2) is 80.6 Å². The highest BCUT2D eigenvalue weighted by Crippen LogP contribution is 2.15. The van der Waals surface area contributed by atoms with Gasteiger partial charge in [-0.1, -0.05) is 189 Å². The van der Waals surface area contributed by atoms with E-state index in [0.717, 1.165) is 64.2 Å². The van der Waals surface area contributed by atoms with Crippen LogP contribution in [-0.2, 0) is 28.6 Å². The number of likely N-dealkylation sites (N-methyl/N-ethyl adjacent to an activating group) is 1. The van der Waals surface area contributed by atoms with Gasteiger partial charge in [-0.2, -0.15) is 0 Å². The van der Waals surface area contributed by atoms with E-state index in [1.807, 2.05) is 21.1 Å². The minimum Gasteiger partial charge on any atom is -0.477 e. The van der Waals surface area contributed by atoms with Gasteiger partial charge in [0.1, 0.15) is 6.61 Å². The molecule has 0 rings (SSSR count). The molecule has 8 heteroatoms. The molecular formula is C53H92NO7+. The van der Waals surface area contributed by atoms with E-state index in [0.29, 0.717) is 19.3 Å². The van der Waals surface area contributed by atoms with Crippen LogP contribution in [0.15, 0.2) is 72.9 Å². The molecule has 0 aliphatic heterocycles. The Morgan fingerprint density at radius 1 is 0.508 bits per heavy atom. The topological polar surface area (TPSA) is 99.1 Å². The Kier molecular flexibility index (Phi) is 41.1. The zero-order valence-corrected chi connectivity index (χ0v) is 39.8. The second kappa shape index (κ2) is 43.4. The lowest BCUT2D eigenvalue weighted by molar-refractivity contribution is -0.887. The standard InChI is InChI=1S/C53H91NO7/c1-6-8-10-12-14-16-18-20-22-24-25-26-28-30-32-34-36-38-40-42-44-52(56)61-49(47-59-46-45-50(53(57)58)54(3,4)5)48-60-51(55)43-41-39-37-35-33-31-29-27-23-21-19-17-15-13-11-9-7-2/h8,10,14,16,20,22,25-26,30,32,36,38,49-50H,6-7,9,11-13,15,17-19,21,23-24,27-29,31,33-35,37,39-48H2,1-5H3/p+1/b10-8+,16-14+,22-20+,26-25+,32-30+,38-36+. The summed E-state index contributed by atoms with van der Waals surface area (Å²) in [4.78, 5) is 37.1. The molecule has 0 aromatic rings. The maximum atomic E-state index is 12.7. The van der Waals surface area contributed by atoms with E-state index < -0.39 is 18.1 Å². The van der Waals surface area contributed by atoms with Crippen LogP contribution >= 0.6 is 0 Å². The average Bonchev–Trinajstić information content (AvgIpc) is 3.22. The van der Waals surface area contributed by atoms with E-state index in [-0.39, 0.29) is 42.7 Å². The van der Waals surface area contributed by atoms with Crippen molar-refractivity contribution < 1.29 is 38.2 Å². The van der Waals surface area contributed by atoms with Crippen molar-refractivity contribution in [3.63, 3.8) is 0 Å². The number of hydrogen-bond donors (Lipinski definition) is 1. The van der Waals surface area contributed by atoms with E-state index in [1.54, 1.807) is 0 Å². The second-order valence-electron chi connectivity index (χ2n) is 17.3. The highest BCUT2D eigenvalue weighted by molar-refractivity contribution is 5.72. The van der Waals surface area contributed by atoms with Crippen LogP contribution in [0.3, 0.4) is 0 Å². The SMILES string of the molecule is CC/C=C/C/C=C/C/C=C/C/C=C/C/C=C/C/C=C/CCCC(=O)OC(COCCC(C(=O)O)[N+](C)(C)C)COC(=O)CCCCCCCCCCCCCCCCCCC. The molecule has 0 aromatic heterocycles. The fourth-order valence-electron chi connectivity index (χ4n) is 6.87. The smallest absolute Gasteiger partial charge is 0.362 e. The quantitative estimate of drug-likeness (QED) is 0.0282. The molecule has 0 aromatic carbocycles. The van der Waals surface area contributed by atoms with Gasteiger partial charge in [-0.05, 0) is 57.8 Å². The number of quaternary nitrogens is 1. The lowest BCUT2D eigenvalue weighted by Gasteiger charge is -2.31. The summed E-state index contributed by atoms with van der Waals surface area (Å²) < 4.78 is 17.3. The molecule has 0 bridgehead atoms. The Hall–Kier alpha value is -3.23. The lowest BCUT2D eigenvalue weighted by atomic mass is 10.0. The van der Waals surface area contributed by atoms with Crippen molar-refractivity contribution in [1.29, 1.82) is 0 Å². The van der Waals surface area contributed by atoms with Gasteiger partial charge in [0.2, 0.25) is 0 Å². The van der Waals surface area contributed by atoms with Gasteiger partial charge in [-0.15, -0.1) is 0 Å². The summed E-state index contributed by atoms with van der Waals surface area (Å²) >= 11 is 0. The molecule has 350 valence electrons. The first-order valence-corrected chi connectivity index (χ1v) is 24.5. The third kappa shape index (κ3) is 41.9. The number of nitrogens with zero attached hydrogens (tertiary/aromatic N) is 1. The van der Waals surface area contributed by atoms with Gasteiger partial charge < -0.3 is 23.8 Å². The van der Waals surface area contributed by atoms with E-state index in [1.165, 1.54) is 89.9 Å². The van der Waals surface area contributed by atoms with Crippen molar-refractivity contribution in [3.05, 3.63) is 72.9 Å². The number of hydrogen-bond acceptors (Lipinski definition) is 6. The fraction of sp³-hybridized carbons (Fsp3) is 0.717. The number of ether oxygens (including phenoxy) is 3. The molecule has 2 unspecified atom stereocenters. The molecule has 0 aliphatic carbocycles. The van der Waals surface area contributed by atoms with Gasteiger partial charge in [0, 0.05) is 19.3 Å². The van der Waals surface area contributed by atoms with Crippen LogP contribution in [0.4, 0.5) is 0 Å². The zero-order chi connectivity index (χ0) is 44.9. The normalized spacial score (nSPS) is 13.5. The van der Waals surface area contributed by atoms with Gasteiger partial charge >= 0.3 is 17.9 Å². The number of carboxylic acid groups (broad SMARTS) is 1. The number of carboxylic acids is 1. The second-order valence-corrected chi connectivity index (χ2v) is 17.3. The van der Waals surface area contributed by atoms with Crippen LogP contribution in [0.2, 0.25) is 0 Å². The lowest BCUT2D eigenvalue weighted by Crippen LogP contribution is -2.50. The van der Waals surface area contributed by atoms with E-state index in [9.17, 15) is 19.5 Å². The first kappa shape index (κ1) is 57.8. The minimum absolute atomic E-state index is 0.0365. The summed E-state index contributed by atoms with van der Waals surface area (Å²) in [5, 5.41) is 9.64. The summed E-state index contributed by atoms with van der Waals surface area (Å²) in [7, 11) is 5.51. The number of allylic oxidation sites excluding steroid dienone is 12. The predicted molar refractivity (Wildman–Crippen MR) is 257 cm³/mol. The highest BCUT2D eigenvalue weighted by Gasteiger charge is 2.31. The van der Waals surface area contributed by atoms with Crippen LogP contribution < -0.4 is 0 Å². The maximum Gasteiger partial charge on any atom is 0.362 e. The molecule has 0 saturated carbocycles. The number of carbonyl (C=O) groups is 3. The Bertz CT molecular complexity index is 1230. The Balaban J connectivity index is 4.39. The number of carbonyl (C=O) groups excluding carboxylic acids is 2. The Morgan fingerprint density at radius 2 is 0.918 bits per heavy atom. The van der Waals surface area contributed by atoms with Crippen molar-refractivity contribution in [2.45, 2.75) is 206 Å². The first-order valence-electron chi connectivity index (χ1n) is 24.5. The summed E-state index contributed by atoms with van der Waals surface area (Å²) in [5.74, 6) is -1.54. The van der Waals surface area contributed by atoms with E-state index in [4.69, 9.17) is 14.2 Å². The zero-order valence-electron chi connectivity index (χ0n) is 39.8. The summed E-state index contributed by atoms with van der Waals surface area (Å²) in [5.41, 5.74) is 0. The van der Waals surface area contributed by atoms with Gasteiger partial charge in [0.05, 0.1) is 34.4 Å². The van der Waals surface area contributed by atoms with Crippen LogP contribution in [0.25, 0.3) is 0 Å². The molecule has 8 nitrogen and oxygen atoms in total. The highest BCUT2D eigenvalue weighted by atomic mass is 16.6. The number of rotatable bonds is 43. The van der Waals surface area contributed by atoms with Gasteiger partial charge in [0.25, 0.3) is 0 Å². The minimum atomic E-state index is -0.885. The largest absolute Gasteiger partial charge is 0.477 e. The van der Waals surface area contributed by atoms with E-state index in [2.05, 4.69) is 86.8 Å². The maximum absolute atomic E-state index is 12.7. The monoisotopic (exact) mass is 855 g/mol. The van der Waals surface area contributed by atoms with E-state index >= 15 is 0 Å². The molecule has 0 amide bonds. The average molecular weight is 855 g/mol. The predicted octanol–water partition coefficient (Wildman–Crippen LogP) is 13.9. The number of esters is 2. The fourth-order valence-corrected chi connectivity index (χ4v) is 6.87. The Morgan fingerprint density at radius 3 is 1.34 bits per heavy atom. The first-order chi connectivity index (χ1) is 29.6. The molecule has 0 aliphatic rings. The molecule has 1 N–H and O–H groups in total. The number of aliphatic carboxylic acids is 1.